The molecule has 1 amide bonds. The van der Waals surface area contributed by atoms with Gasteiger partial charge in [-0.2, -0.15) is 4.31 Å². The Bertz CT molecular complexity index is 968. The van der Waals surface area contributed by atoms with Crippen molar-refractivity contribution >= 4 is 33.2 Å². The number of carbonyl (C=O) groups excluding carboxylic acids is 1. The molecule has 0 saturated carbocycles. The van der Waals surface area contributed by atoms with Crippen LogP contribution in [0.5, 0.6) is 5.75 Å². The second kappa shape index (κ2) is 8.08. The number of nitrogens with one attached hydrogen (secondary N) is 1. The molecule has 1 saturated heterocycles. The molecule has 1 heterocycles. The molecule has 1 aliphatic heterocycles. The normalized spacial score (nSPS) is 20.7. The lowest BCUT2D eigenvalue weighted by Crippen LogP contribution is -2.48. The number of phenolic OH excluding ortho intramolecular Hbond substituents is 1. The number of hydrogen-bond acceptors (Lipinski definition) is 5. The van der Waals surface area contributed by atoms with E-state index in [1.165, 1.54) is 46.8 Å². The zero-order chi connectivity index (χ0) is 20.5. The van der Waals surface area contributed by atoms with Crippen molar-refractivity contribution in [2.45, 2.75) is 31.0 Å². The van der Waals surface area contributed by atoms with Crippen molar-refractivity contribution in [3.8, 4) is 5.75 Å². The van der Waals surface area contributed by atoms with Gasteiger partial charge in [0.15, 0.2) is 0 Å². The number of halogens is 1. The van der Waals surface area contributed by atoms with Crippen molar-refractivity contribution in [2.24, 2.45) is 0 Å². The average Bonchev–Trinajstić information content (AvgIpc) is 2.63. The maximum absolute atomic E-state index is 13.0. The van der Waals surface area contributed by atoms with Crippen LogP contribution in [0.25, 0.3) is 0 Å². The highest BCUT2D eigenvalue weighted by Gasteiger charge is 2.32. The van der Waals surface area contributed by atoms with Crippen LogP contribution in [0.1, 0.15) is 24.2 Å². The predicted octanol–water partition coefficient (Wildman–Crippen LogP) is 3.10. The number of morpholine rings is 1. The molecule has 2 aromatic carbocycles. The molecule has 1 fully saturated rings. The summed E-state index contributed by atoms with van der Waals surface area (Å²) >= 11 is 6.14. The fourth-order valence-corrected chi connectivity index (χ4v) is 4.88. The smallest absolute Gasteiger partial charge is 0.257 e. The second-order valence-corrected chi connectivity index (χ2v) is 9.07. The molecule has 9 heteroatoms. The number of phenols is 1. The third-order valence-electron chi connectivity index (χ3n) is 4.33. The van der Waals surface area contributed by atoms with Crippen LogP contribution in [0.4, 0.5) is 5.69 Å². The quantitative estimate of drug-likeness (QED) is 0.735. The Balaban J connectivity index is 1.88. The van der Waals surface area contributed by atoms with E-state index in [-0.39, 0.29) is 46.5 Å². The van der Waals surface area contributed by atoms with Gasteiger partial charge in [0.25, 0.3) is 5.91 Å². The van der Waals surface area contributed by atoms with Crippen LogP contribution in [0, 0.1) is 0 Å². The van der Waals surface area contributed by atoms with Gasteiger partial charge in [0, 0.05) is 18.8 Å². The van der Waals surface area contributed by atoms with Crippen molar-refractivity contribution in [3.63, 3.8) is 0 Å². The molecule has 0 aliphatic carbocycles. The number of sulfonamides is 1. The zero-order valence-electron chi connectivity index (χ0n) is 15.4. The zero-order valence-corrected chi connectivity index (χ0v) is 17.0. The Hall–Kier alpha value is -2.13. The van der Waals surface area contributed by atoms with Gasteiger partial charge in [-0.05, 0) is 56.3 Å². The van der Waals surface area contributed by atoms with E-state index in [9.17, 15) is 18.3 Å². The van der Waals surface area contributed by atoms with Crippen LogP contribution in [0.2, 0.25) is 5.02 Å². The van der Waals surface area contributed by atoms with Gasteiger partial charge in [-0.25, -0.2) is 8.42 Å². The van der Waals surface area contributed by atoms with Crippen LogP contribution in [0.3, 0.4) is 0 Å². The molecule has 2 aromatic rings. The molecule has 1 aliphatic rings. The van der Waals surface area contributed by atoms with E-state index in [0.29, 0.717) is 5.69 Å². The minimum absolute atomic E-state index is 0.00550. The SMILES string of the molecule is CC1CN(S(=O)(=O)c2ccc(Cl)c(C(=O)Nc3ccc(O)cc3)c2)CC(C)O1. The molecule has 0 aromatic heterocycles. The number of rotatable bonds is 4. The Morgan fingerprint density at radius 2 is 1.75 bits per heavy atom. The number of ether oxygens (including phenoxy) is 1. The molecule has 7 nitrogen and oxygen atoms in total. The highest BCUT2D eigenvalue weighted by atomic mass is 35.5. The first kappa shape index (κ1) is 20.6. The molecule has 150 valence electrons. The van der Waals surface area contributed by atoms with Crippen molar-refractivity contribution in [1.82, 2.24) is 4.31 Å². The van der Waals surface area contributed by atoms with Gasteiger partial charge in [-0.1, -0.05) is 11.6 Å². The molecular weight excluding hydrogens is 404 g/mol. The van der Waals surface area contributed by atoms with E-state index in [1.54, 1.807) is 0 Å². The standard InChI is InChI=1S/C19H21ClN2O5S/c1-12-10-22(11-13(2)27-12)28(25,26)16-7-8-18(20)17(9-16)19(24)21-14-3-5-15(23)6-4-14/h3-9,12-13,23H,10-11H2,1-2H3,(H,21,24). The van der Waals surface area contributed by atoms with Crippen LogP contribution in [-0.2, 0) is 14.8 Å². The second-order valence-electron chi connectivity index (χ2n) is 6.72. The molecule has 28 heavy (non-hydrogen) atoms. The third kappa shape index (κ3) is 4.47. The highest BCUT2D eigenvalue weighted by Crippen LogP contribution is 2.26. The monoisotopic (exact) mass is 424 g/mol. The number of amides is 1. The number of nitrogens with zero attached hydrogens (tertiary/aromatic N) is 1. The van der Waals surface area contributed by atoms with E-state index in [2.05, 4.69) is 5.32 Å². The van der Waals surface area contributed by atoms with E-state index in [4.69, 9.17) is 16.3 Å². The third-order valence-corrected chi connectivity index (χ3v) is 6.49. The summed E-state index contributed by atoms with van der Waals surface area (Å²) in [7, 11) is -3.80. The summed E-state index contributed by atoms with van der Waals surface area (Å²) < 4.78 is 33.0. The van der Waals surface area contributed by atoms with Crippen molar-refractivity contribution in [1.29, 1.82) is 0 Å². The molecule has 0 radical (unpaired) electrons. The lowest BCUT2D eigenvalue weighted by Gasteiger charge is -2.34. The topological polar surface area (TPSA) is 95.9 Å². The summed E-state index contributed by atoms with van der Waals surface area (Å²) in [5.74, 6) is -0.477. The maximum Gasteiger partial charge on any atom is 0.257 e. The van der Waals surface area contributed by atoms with Crippen molar-refractivity contribution in [2.75, 3.05) is 18.4 Å². The Morgan fingerprint density at radius 1 is 1.14 bits per heavy atom. The van der Waals surface area contributed by atoms with Crippen molar-refractivity contribution in [3.05, 3.63) is 53.1 Å². The number of hydrogen-bond donors (Lipinski definition) is 2. The van der Waals surface area contributed by atoms with Gasteiger partial charge in [0.05, 0.1) is 27.7 Å². The largest absolute Gasteiger partial charge is 0.508 e. The maximum atomic E-state index is 13.0. The summed E-state index contributed by atoms with van der Waals surface area (Å²) in [6.45, 7) is 4.11. The molecule has 0 bridgehead atoms. The fraction of sp³-hybridized carbons (Fsp3) is 0.316. The van der Waals surface area contributed by atoms with Crippen LogP contribution >= 0.6 is 11.6 Å². The lowest BCUT2D eigenvalue weighted by molar-refractivity contribution is -0.0440. The fourth-order valence-electron chi connectivity index (χ4n) is 3.06. The molecular formula is C19H21ClN2O5S. The molecule has 2 atom stereocenters. The first-order valence-corrected chi connectivity index (χ1v) is 10.5. The Kier molecular flexibility index (Phi) is 5.95. The van der Waals surface area contributed by atoms with Gasteiger partial charge in [0.2, 0.25) is 10.0 Å². The van der Waals surface area contributed by atoms with Gasteiger partial charge in [-0.3, -0.25) is 4.79 Å². The van der Waals surface area contributed by atoms with Crippen LogP contribution in [-0.4, -0.2) is 49.0 Å². The Morgan fingerprint density at radius 3 is 2.36 bits per heavy atom. The molecule has 2 N–H and O–H groups in total. The number of carbonyl (C=O) groups is 1. The Labute approximate surface area is 168 Å². The summed E-state index contributed by atoms with van der Waals surface area (Å²) in [5.41, 5.74) is 0.494. The van der Waals surface area contributed by atoms with Crippen LogP contribution in [0.15, 0.2) is 47.4 Å². The number of benzene rings is 2. The summed E-state index contributed by atoms with van der Waals surface area (Å²) in [6.07, 6.45) is -0.439. The van der Waals surface area contributed by atoms with Gasteiger partial charge in [0.1, 0.15) is 5.75 Å². The van der Waals surface area contributed by atoms with E-state index < -0.39 is 15.9 Å². The number of anilines is 1. The minimum atomic E-state index is -3.80. The molecule has 2 unspecified atom stereocenters. The van der Waals surface area contributed by atoms with Crippen molar-refractivity contribution < 1.29 is 23.1 Å². The first-order chi connectivity index (χ1) is 13.2. The summed E-state index contributed by atoms with van der Waals surface area (Å²) in [6, 6.07) is 9.97. The molecule has 3 rings (SSSR count). The summed E-state index contributed by atoms with van der Waals surface area (Å²) in [4.78, 5) is 12.6. The van der Waals surface area contributed by atoms with E-state index in [0.717, 1.165) is 0 Å². The number of aromatic hydroxyl groups is 1. The molecule has 0 spiro atoms. The van der Waals surface area contributed by atoms with Crippen LogP contribution < -0.4 is 5.32 Å². The van der Waals surface area contributed by atoms with Gasteiger partial charge in [-0.15, -0.1) is 0 Å². The van der Waals surface area contributed by atoms with E-state index in [1.807, 2.05) is 13.8 Å². The van der Waals surface area contributed by atoms with Gasteiger partial charge >= 0.3 is 0 Å². The predicted molar refractivity (Wildman–Crippen MR) is 106 cm³/mol. The summed E-state index contributed by atoms with van der Waals surface area (Å²) in [5, 5.41) is 12.1. The minimum Gasteiger partial charge on any atom is -0.508 e. The lowest BCUT2D eigenvalue weighted by atomic mass is 10.2. The van der Waals surface area contributed by atoms with E-state index >= 15 is 0 Å². The average molecular weight is 425 g/mol. The highest BCUT2D eigenvalue weighted by molar-refractivity contribution is 7.89. The first-order valence-electron chi connectivity index (χ1n) is 8.72. The van der Waals surface area contributed by atoms with Gasteiger partial charge < -0.3 is 15.2 Å².